The van der Waals surface area contributed by atoms with Gasteiger partial charge in [-0.15, -0.1) is 0 Å². The van der Waals surface area contributed by atoms with E-state index in [1.807, 2.05) is 0 Å². The third-order valence-corrected chi connectivity index (χ3v) is 2.97. The molecule has 72 valence electrons. The van der Waals surface area contributed by atoms with Crippen LogP contribution in [0.15, 0.2) is 0 Å². The lowest BCUT2D eigenvalue weighted by molar-refractivity contribution is 0.0409. The van der Waals surface area contributed by atoms with Crippen LogP contribution in [0.4, 0.5) is 4.39 Å². The normalized spacial score (nSPS) is 41.2. The van der Waals surface area contributed by atoms with Crippen molar-refractivity contribution in [1.29, 1.82) is 0 Å². The minimum atomic E-state index is -0.152. The van der Waals surface area contributed by atoms with Crippen molar-refractivity contribution < 1.29 is 4.39 Å². The molecular formula is C11H21F. The van der Waals surface area contributed by atoms with E-state index in [2.05, 4.69) is 27.7 Å². The van der Waals surface area contributed by atoms with Crippen LogP contribution in [0.1, 0.15) is 47.0 Å². The van der Waals surface area contributed by atoms with E-state index in [0.717, 1.165) is 12.8 Å². The van der Waals surface area contributed by atoms with Crippen LogP contribution in [0.25, 0.3) is 0 Å². The van der Waals surface area contributed by atoms with Gasteiger partial charge in [-0.2, -0.15) is 0 Å². The lowest BCUT2D eigenvalue weighted by Crippen LogP contribution is -2.36. The molecular weight excluding hydrogens is 151 g/mol. The van der Waals surface area contributed by atoms with E-state index in [9.17, 15) is 4.39 Å². The summed E-state index contributed by atoms with van der Waals surface area (Å²) >= 11 is 0. The molecule has 1 saturated carbocycles. The molecule has 0 N–H and O–H groups in total. The Kier molecular flexibility index (Phi) is 2.51. The molecule has 0 aromatic heterocycles. The van der Waals surface area contributed by atoms with E-state index in [0.29, 0.717) is 11.3 Å². The van der Waals surface area contributed by atoms with Crippen molar-refractivity contribution in [2.45, 2.75) is 47.0 Å². The van der Waals surface area contributed by atoms with E-state index in [1.165, 1.54) is 6.42 Å². The molecule has 0 heterocycles. The Morgan fingerprint density at radius 2 is 1.83 bits per heavy atom. The SMILES string of the molecule is CC1CC(C)(C)CC(C)(CF)C1. The second-order valence-electron chi connectivity index (χ2n) is 5.80. The zero-order valence-corrected chi connectivity index (χ0v) is 8.78. The molecule has 0 amide bonds. The quantitative estimate of drug-likeness (QED) is 0.564. The standard InChI is InChI=1S/C11H21F/c1-9-5-10(2,3)7-11(4,6-9)8-12/h9H,5-8H2,1-4H3. The van der Waals surface area contributed by atoms with E-state index in [4.69, 9.17) is 0 Å². The van der Waals surface area contributed by atoms with Crippen molar-refractivity contribution in [3.8, 4) is 0 Å². The molecule has 2 atom stereocenters. The monoisotopic (exact) mass is 172 g/mol. The van der Waals surface area contributed by atoms with E-state index < -0.39 is 0 Å². The highest BCUT2D eigenvalue weighted by Crippen LogP contribution is 2.48. The number of rotatable bonds is 1. The predicted octanol–water partition coefficient (Wildman–Crippen LogP) is 3.81. The summed E-state index contributed by atoms with van der Waals surface area (Å²) in [7, 11) is 0. The maximum absolute atomic E-state index is 12.8. The Morgan fingerprint density at radius 3 is 2.25 bits per heavy atom. The van der Waals surface area contributed by atoms with Gasteiger partial charge in [-0.25, -0.2) is 0 Å². The van der Waals surface area contributed by atoms with Crippen LogP contribution in [-0.2, 0) is 0 Å². The Hall–Kier alpha value is -0.0700. The zero-order valence-electron chi connectivity index (χ0n) is 8.78. The Balaban J connectivity index is 2.70. The van der Waals surface area contributed by atoms with Gasteiger partial charge in [0.15, 0.2) is 0 Å². The van der Waals surface area contributed by atoms with Crippen LogP contribution in [0.2, 0.25) is 0 Å². The summed E-state index contributed by atoms with van der Waals surface area (Å²) in [5.41, 5.74) is 0.305. The maximum Gasteiger partial charge on any atom is 0.0948 e. The van der Waals surface area contributed by atoms with Crippen LogP contribution in [0.3, 0.4) is 0 Å². The highest BCUT2D eigenvalue weighted by atomic mass is 19.1. The summed E-state index contributed by atoms with van der Waals surface area (Å²) in [6, 6.07) is 0. The fourth-order valence-corrected chi connectivity index (χ4v) is 3.26. The first-order chi connectivity index (χ1) is 5.37. The number of hydrogen-bond acceptors (Lipinski definition) is 0. The molecule has 1 rings (SSSR count). The fraction of sp³-hybridized carbons (Fsp3) is 1.00. The lowest BCUT2D eigenvalue weighted by Gasteiger charge is -2.44. The van der Waals surface area contributed by atoms with Crippen molar-refractivity contribution in [3.63, 3.8) is 0 Å². The molecule has 0 saturated heterocycles. The predicted molar refractivity (Wildman–Crippen MR) is 50.9 cm³/mol. The van der Waals surface area contributed by atoms with Gasteiger partial charge in [-0.3, -0.25) is 4.39 Å². The van der Waals surface area contributed by atoms with E-state index >= 15 is 0 Å². The maximum atomic E-state index is 12.8. The highest BCUT2D eigenvalue weighted by Gasteiger charge is 2.39. The van der Waals surface area contributed by atoms with Crippen molar-refractivity contribution >= 4 is 0 Å². The van der Waals surface area contributed by atoms with Crippen LogP contribution in [-0.4, -0.2) is 6.67 Å². The van der Waals surface area contributed by atoms with Gasteiger partial charge in [0.1, 0.15) is 0 Å². The molecule has 0 bridgehead atoms. The molecule has 0 aliphatic heterocycles. The minimum Gasteiger partial charge on any atom is -0.251 e. The Morgan fingerprint density at radius 1 is 1.25 bits per heavy atom. The second kappa shape index (κ2) is 3.01. The first-order valence-electron chi connectivity index (χ1n) is 4.93. The molecule has 0 spiro atoms. The summed E-state index contributed by atoms with van der Waals surface area (Å²) in [6.07, 6.45) is 3.36. The summed E-state index contributed by atoms with van der Waals surface area (Å²) in [4.78, 5) is 0. The molecule has 2 unspecified atom stereocenters. The number of alkyl halides is 1. The zero-order chi connectivity index (χ0) is 9.41. The summed E-state index contributed by atoms with van der Waals surface area (Å²) in [5.74, 6) is 0.689. The molecule has 12 heavy (non-hydrogen) atoms. The van der Waals surface area contributed by atoms with Gasteiger partial charge in [0, 0.05) is 0 Å². The molecule has 1 aliphatic rings. The van der Waals surface area contributed by atoms with Crippen LogP contribution < -0.4 is 0 Å². The van der Waals surface area contributed by atoms with Crippen LogP contribution in [0, 0.1) is 16.7 Å². The average Bonchev–Trinajstić information content (AvgIpc) is 1.82. The Labute approximate surface area is 75.5 Å². The van der Waals surface area contributed by atoms with Crippen molar-refractivity contribution in [1.82, 2.24) is 0 Å². The summed E-state index contributed by atoms with van der Waals surface area (Å²) in [5, 5.41) is 0. The third kappa shape index (κ3) is 2.21. The molecule has 0 nitrogen and oxygen atoms in total. The highest BCUT2D eigenvalue weighted by molar-refractivity contribution is 4.89. The van der Waals surface area contributed by atoms with Crippen molar-refractivity contribution in [2.24, 2.45) is 16.7 Å². The Bertz CT molecular complexity index is 162. The minimum absolute atomic E-state index is 0.0405. The van der Waals surface area contributed by atoms with Gasteiger partial charge < -0.3 is 0 Å². The number of halogens is 1. The first-order valence-corrected chi connectivity index (χ1v) is 4.93. The summed E-state index contributed by atoms with van der Waals surface area (Å²) in [6.45, 7) is 8.70. The van der Waals surface area contributed by atoms with Gasteiger partial charge in [0.2, 0.25) is 0 Å². The molecule has 0 radical (unpaired) electrons. The molecule has 1 heteroatoms. The largest absolute Gasteiger partial charge is 0.251 e. The van der Waals surface area contributed by atoms with Gasteiger partial charge in [-0.1, -0.05) is 27.7 Å². The molecule has 0 aromatic carbocycles. The van der Waals surface area contributed by atoms with E-state index in [1.54, 1.807) is 0 Å². The smallest absolute Gasteiger partial charge is 0.0948 e. The van der Waals surface area contributed by atoms with Gasteiger partial charge >= 0.3 is 0 Å². The lowest BCUT2D eigenvalue weighted by atomic mass is 9.61. The van der Waals surface area contributed by atoms with Gasteiger partial charge in [-0.05, 0) is 36.0 Å². The molecule has 0 aromatic rings. The van der Waals surface area contributed by atoms with Crippen molar-refractivity contribution in [3.05, 3.63) is 0 Å². The topological polar surface area (TPSA) is 0 Å². The average molecular weight is 172 g/mol. The third-order valence-electron chi connectivity index (χ3n) is 2.97. The fourth-order valence-electron chi connectivity index (χ4n) is 3.26. The van der Waals surface area contributed by atoms with Crippen LogP contribution >= 0.6 is 0 Å². The number of hydrogen-bond donors (Lipinski definition) is 0. The first kappa shape index (κ1) is 10.0. The van der Waals surface area contributed by atoms with Gasteiger partial charge in [0.05, 0.1) is 6.67 Å². The van der Waals surface area contributed by atoms with E-state index in [-0.39, 0.29) is 12.1 Å². The van der Waals surface area contributed by atoms with Crippen molar-refractivity contribution in [2.75, 3.05) is 6.67 Å². The van der Waals surface area contributed by atoms with Gasteiger partial charge in [0.25, 0.3) is 0 Å². The molecule has 1 fully saturated rings. The second-order valence-corrected chi connectivity index (χ2v) is 5.80. The molecule has 1 aliphatic carbocycles. The van der Waals surface area contributed by atoms with Crippen LogP contribution in [0.5, 0.6) is 0 Å². The summed E-state index contributed by atoms with van der Waals surface area (Å²) < 4.78 is 12.8.